The van der Waals surface area contributed by atoms with E-state index in [0.29, 0.717) is 24.3 Å². The third-order valence-electron chi connectivity index (χ3n) is 6.82. The minimum atomic E-state index is -4.96. The number of hydrogen-bond donors (Lipinski definition) is 3. The number of thiazole rings is 1. The molecule has 1 spiro atoms. The van der Waals surface area contributed by atoms with E-state index in [2.05, 4.69) is 19.7 Å². The SMILES string of the molecule is Nc1nc(/C(=N/OCC(=O)OC(c2ccccc2)c2ccccc2)C(=O)NC2C(=O)N(OS(=O)(=O)O)C23CCC3)cs1. The van der Waals surface area contributed by atoms with Crippen LogP contribution in [0.5, 0.6) is 0 Å². The number of rotatable bonds is 11. The molecule has 42 heavy (non-hydrogen) atoms. The van der Waals surface area contributed by atoms with Crippen LogP contribution in [0.3, 0.4) is 0 Å². The summed E-state index contributed by atoms with van der Waals surface area (Å²) in [6, 6.07) is 17.1. The van der Waals surface area contributed by atoms with Gasteiger partial charge in [-0.3, -0.25) is 14.1 Å². The van der Waals surface area contributed by atoms with Gasteiger partial charge in [-0.2, -0.15) is 13.5 Å². The van der Waals surface area contributed by atoms with Crippen molar-refractivity contribution in [3.63, 3.8) is 0 Å². The van der Waals surface area contributed by atoms with Crippen molar-refractivity contribution in [3.05, 3.63) is 82.9 Å². The van der Waals surface area contributed by atoms with Gasteiger partial charge in [-0.05, 0) is 30.4 Å². The number of hydrogen-bond acceptors (Lipinski definition) is 12. The van der Waals surface area contributed by atoms with E-state index in [1.54, 1.807) is 0 Å². The number of benzene rings is 2. The molecule has 4 N–H and O–H groups in total. The van der Waals surface area contributed by atoms with Crippen molar-refractivity contribution in [2.75, 3.05) is 12.3 Å². The number of carbonyl (C=O) groups excluding carboxylic acids is 3. The molecular formula is C26H25N5O9S2. The number of β-lactam (4-membered cyclic amide) rings is 1. The average molecular weight is 616 g/mol. The van der Waals surface area contributed by atoms with Gasteiger partial charge in [-0.15, -0.1) is 15.6 Å². The van der Waals surface area contributed by atoms with Crippen molar-refractivity contribution in [1.82, 2.24) is 15.4 Å². The van der Waals surface area contributed by atoms with Gasteiger partial charge in [0.05, 0.1) is 0 Å². The maximum atomic E-state index is 13.3. The number of esters is 1. The van der Waals surface area contributed by atoms with Crippen LogP contribution in [0.15, 0.2) is 71.2 Å². The topological polar surface area (TPSA) is 200 Å². The lowest BCUT2D eigenvalue weighted by Gasteiger charge is -2.59. The Morgan fingerprint density at radius 1 is 1.14 bits per heavy atom. The predicted octanol–water partition coefficient (Wildman–Crippen LogP) is 1.76. The Kier molecular flexibility index (Phi) is 8.22. The van der Waals surface area contributed by atoms with Crippen LogP contribution < -0.4 is 11.1 Å². The molecule has 1 atom stereocenters. The zero-order valence-electron chi connectivity index (χ0n) is 21.8. The molecule has 1 aliphatic heterocycles. The fourth-order valence-electron chi connectivity index (χ4n) is 4.75. The summed E-state index contributed by atoms with van der Waals surface area (Å²) in [6.45, 7) is -0.658. The minimum absolute atomic E-state index is 0.0234. The monoisotopic (exact) mass is 615 g/mol. The molecule has 220 valence electrons. The number of nitrogen functional groups attached to an aromatic ring is 1. The smallest absolute Gasteiger partial charge is 0.418 e. The zero-order valence-corrected chi connectivity index (χ0v) is 23.4. The predicted molar refractivity (Wildman–Crippen MR) is 148 cm³/mol. The fourth-order valence-corrected chi connectivity index (χ4v) is 5.71. The first-order valence-corrected chi connectivity index (χ1v) is 14.8. The highest BCUT2D eigenvalue weighted by Gasteiger charge is 2.66. The summed E-state index contributed by atoms with van der Waals surface area (Å²) in [5.74, 6) is -2.54. The van der Waals surface area contributed by atoms with Gasteiger partial charge in [0.1, 0.15) is 17.3 Å². The highest BCUT2D eigenvalue weighted by Crippen LogP contribution is 2.48. The third kappa shape index (κ3) is 6.11. The van der Waals surface area contributed by atoms with Crippen molar-refractivity contribution >= 4 is 50.4 Å². The van der Waals surface area contributed by atoms with E-state index >= 15 is 0 Å². The van der Waals surface area contributed by atoms with Gasteiger partial charge in [-0.1, -0.05) is 65.8 Å². The molecule has 2 aromatic carbocycles. The molecule has 0 bridgehead atoms. The van der Waals surface area contributed by atoms with Crippen molar-refractivity contribution in [2.24, 2.45) is 5.16 Å². The highest BCUT2D eigenvalue weighted by molar-refractivity contribution is 7.80. The highest BCUT2D eigenvalue weighted by atomic mass is 32.3. The first-order valence-electron chi connectivity index (χ1n) is 12.6. The standard InChI is InChI=1S/C26H25N5O9S2/c27-25-28-18(15-41-25)20(23(33)29-22-24(34)31(40-42(35,36)37)26(22)12-7-13-26)30-38-14-19(32)39-21(16-8-3-1-4-9-16)17-10-5-2-6-11-17/h1-6,8-11,15,21-22H,7,12-14H2,(H2,27,28)(H,29,33)(H,35,36,37)/b30-20-. The van der Waals surface area contributed by atoms with E-state index in [9.17, 15) is 22.8 Å². The lowest BCUT2D eigenvalue weighted by Crippen LogP contribution is -2.81. The van der Waals surface area contributed by atoms with Crippen LogP contribution in [0.1, 0.15) is 42.2 Å². The van der Waals surface area contributed by atoms with E-state index in [0.717, 1.165) is 22.5 Å². The molecule has 16 heteroatoms. The Morgan fingerprint density at radius 2 is 1.76 bits per heavy atom. The Bertz CT molecular complexity index is 1570. The van der Waals surface area contributed by atoms with E-state index in [1.807, 2.05) is 60.7 Å². The molecule has 1 aromatic heterocycles. The quantitative estimate of drug-likeness (QED) is 0.0933. The second kappa shape index (κ2) is 11.8. The number of nitrogens with two attached hydrogens (primary N) is 1. The van der Waals surface area contributed by atoms with Crippen LogP contribution >= 0.6 is 11.3 Å². The summed E-state index contributed by atoms with van der Waals surface area (Å²) in [5, 5.41) is 8.43. The van der Waals surface area contributed by atoms with Crippen LogP contribution in [-0.4, -0.2) is 64.7 Å². The molecule has 1 saturated heterocycles. The maximum absolute atomic E-state index is 13.3. The molecular weight excluding hydrogens is 590 g/mol. The Labute approximate surface area is 244 Å². The maximum Gasteiger partial charge on any atom is 0.418 e. The first-order chi connectivity index (χ1) is 20.1. The summed E-state index contributed by atoms with van der Waals surface area (Å²) < 4.78 is 41.5. The van der Waals surface area contributed by atoms with E-state index in [1.165, 1.54) is 5.38 Å². The van der Waals surface area contributed by atoms with E-state index < -0.39 is 52.5 Å². The number of oxime groups is 1. The third-order valence-corrected chi connectivity index (χ3v) is 7.84. The van der Waals surface area contributed by atoms with Crippen molar-refractivity contribution in [3.8, 4) is 0 Å². The van der Waals surface area contributed by atoms with Gasteiger partial charge in [0.15, 0.2) is 16.9 Å². The Morgan fingerprint density at radius 3 is 2.26 bits per heavy atom. The second-order valence-corrected chi connectivity index (χ2v) is 11.4. The van der Waals surface area contributed by atoms with Gasteiger partial charge in [0, 0.05) is 5.38 Å². The minimum Gasteiger partial charge on any atom is -0.450 e. The molecule has 1 unspecified atom stereocenters. The molecule has 1 aliphatic carbocycles. The molecule has 2 heterocycles. The van der Waals surface area contributed by atoms with Crippen molar-refractivity contribution in [1.29, 1.82) is 0 Å². The van der Waals surface area contributed by atoms with Gasteiger partial charge < -0.3 is 20.6 Å². The van der Waals surface area contributed by atoms with Crippen LogP contribution in [0.4, 0.5) is 5.13 Å². The number of anilines is 1. The lowest BCUT2D eigenvalue weighted by atomic mass is 9.65. The first kappa shape index (κ1) is 29.1. The van der Waals surface area contributed by atoms with Gasteiger partial charge in [-0.25, -0.2) is 9.78 Å². The molecule has 14 nitrogen and oxygen atoms in total. The number of nitrogens with one attached hydrogen (secondary N) is 1. The van der Waals surface area contributed by atoms with Crippen LogP contribution in [0.2, 0.25) is 0 Å². The molecule has 1 saturated carbocycles. The van der Waals surface area contributed by atoms with Gasteiger partial charge >= 0.3 is 16.4 Å². The molecule has 2 amide bonds. The lowest BCUT2D eigenvalue weighted by molar-refractivity contribution is -0.243. The van der Waals surface area contributed by atoms with E-state index in [-0.39, 0.29) is 16.5 Å². The summed E-state index contributed by atoms with van der Waals surface area (Å²) in [6.07, 6.45) is 0.556. The molecule has 5 rings (SSSR count). The number of nitrogens with zero attached hydrogens (tertiary/aromatic N) is 3. The normalized spacial score (nSPS) is 17.9. The van der Waals surface area contributed by atoms with Gasteiger partial charge in [0.2, 0.25) is 6.61 Å². The van der Waals surface area contributed by atoms with Crippen LogP contribution in [0, 0.1) is 0 Å². The largest absolute Gasteiger partial charge is 0.450 e. The van der Waals surface area contributed by atoms with Crippen LogP contribution in [0.25, 0.3) is 0 Å². The van der Waals surface area contributed by atoms with E-state index in [4.69, 9.17) is 19.9 Å². The van der Waals surface area contributed by atoms with Gasteiger partial charge in [0.25, 0.3) is 11.8 Å². The number of aromatic nitrogens is 1. The summed E-state index contributed by atoms with van der Waals surface area (Å²) >= 11 is 1.02. The molecule has 3 aromatic rings. The second-order valence-electron chi connectivity index (χ2n) is 9.47. The molecule has 2 fully saturated rings. The average Bonchev–Trinajstić information content (AvgIpc) is 3.38. The summed E-state index contributed by atoms with van der Waals surface area (Å²) in [5.41, 5.74) is 5.69. The van der Waals surface area contributed by atoms with Crippen molar-refractivity contribution in [2.45, 2.75) is 36.9 Å². The molecule has 0 radical (unpaired) electrons. The number of amides is 2. The molecule has 2 aliphatic rings. The number of ether oxygens (including phenoxy) is 1. The summed E-state index contributed by atoms with van der Waals surface area (Å²) in [4.78, 5) is 47.9. The summed E-state index contributed by atoms with van der Waals surface area (Å²) in [7, 11) is -4.96. The fraction of sp³-hybridized carbons (Fsp3) is 0.269. The van der Waals surface area contributed by atoms with Crippen molar-refractivity contribution < 1.29 is 41.2 Å². The Balaban J connectivity index is 1.29. The van der Waals surface area contributed by atoms with Crippen LogP contribution in [-0.2, 0) is 38.6 Å². The Hall–Kier alpha value is -4.38. The number of carbonyl (C=O) groups is 3. The zero-order chi connectivity index (χ0) is 29.9. The number of hydroxylamine groups is 2.